The summed E-state index contributed by atoms with van der Waals surface area (Å²) in [7, 11) is 0. The van der Waals surface area contributed by atoms with Gasteiger partial charge in [0, 0.05) is 11.3 Å². The van der Waals surface area contributed by atoms with Crippen molar-refractivity contribution in [1.82, 2.24) is 5.32 Å². The lowest BCUT2D eigenvalue weighted by Crippen LogP contribution is -2.35. The van der Waals surface area contributed by atoms with E-state index in [0.29, 0.717) is 4.75 Å². The number of rotatable bonds is 5. The molecule has 0 aromatic carbocycles. The van der Waals surface area contributed by atoms with E-state index in [1.807, 2.05) is 13.8 Å². The zero-order valence-corrected chi connectivity index (χ0v) is 10.4. The van der Waals surface area contributed by atoms with Gasteiger partial charge in [0.2, 0.25) is 0 Å². The van der Waals surface area contributed by atoms with Crippen molar-refractivity contribution in [2.75, 3.05) is 18.8 Å². The molecule has 1 rings (SSSR count). The highest BCUT2D eigenvalue weighted by Gasteiger charge is 2.28. The summed E-state index contributed by atoms with van der Waals surface area (Å²) in [5, 5.41) is 13.0. The number of aliphatic hydroxyl groups is 1. The second-order valence-electron chi connectivity index (χ2n) is 5.14. The van der Waals surface area contributed by atoms with Gasteiger partial charge in [0.1, 0.15) is 0 Å². The maximum absolute atomic E-state index is 9.53. The summed E-state index contributed by atoms with van der Waals surface area (Å²) in [4.78, 5) is 0. The van der Waals surface area contributed by atoms with Crippen LogP contribution in [0, 0.1) is 0 Å². The fourth-order valence-corrected chi connectivity index (χ4v) is 3.00. The number of thioether (sulfide) groups is 1. The molecule has 0 bridgehead atoms. The zero-order chi connectivity index (χ0) is 10.7. The van der Waals surface area contributed by atoms with E-state index in [4.69, 9.17) is 0 Å². The van der Waals surface area contributed by atoms with Crippen LogP contribution < -0.4 is 5.32 Å². The summed E-state index contributed by atoms with van der Waals surface area (Å²) in [6.07, 6.45) is 3.51. The Labute approximate surface area is 91.9 Å². The van der Waals surface area contributed by atoms with Gasteiger partial charge < -0.3 is 10.4 Å². The van der Waals surface area contributed by atoms with Crippen LogP contribution in [0.2, 0.25) is 0 Å². The van der Waals surface area contributed by atoms with Gasteiger partial charge in [0.05, 0.1) is 5.60 Å². The van der Waals surface area contributed by atoms with Gasteiger partial charge in [-0.1, -0.05) is 0 Å². The molecule has 2 N–H and O–H groups in total. The number of nitrogens with one attached hydrogen (secondary N) is 1. The van der Waals surface area contributed by atoms with Crippen LogP contribution in [0.3, 0.4) is 0 Å². The summed E-state index contributed by atoms with van der Waals surface area (Å²) < 4.78 is 0.444. The Morgan fingerprint density at radius 2 is 2.21 bits per heavy atom. The largest absolute Gasteiger partial charge is 0.390 e. The first-order valence-corrected chi connectivity index (χ1v) is 6.47. The molecule has 2 nitrogen and oxygen atoms in total. The van der Waals surface area contributed by atoms with Crippen molar-refractivity contribution in [2.24, 2.45) is 0 Å². The summed E-state index contributed by atoms with van der Waals surface area (Å²) in [5.41, 5.74) is -0.531. The minimum Gasteiger partial charge on any atom is -0.390 e. The molecule has 84 valence electrons. The maximum atomic E-state index is 9.53. The van der Waals surface area contributed by atoms with E-state index in [-0.39, 0.29) is 0 Å². The van der Waals surface area contributed by atoms with Crippen molar-refractivity contribution in [3.63, 3.8) is 0 Å². The molecule has 1 atom stereocenters. The Hall–Kier alpha value is 0.270. The van der Waals surface area contributed by atoms with E-state index < -0.39 is 5.60 Å². The minimum absolute atomic E-state index is 0.444. The van der Waals surface area contributed by atoms with Crippen molar-refractivity contribution in [3.8, 4) is 0 Å². The lowest BCUT2D eigenvalue weighted by molar-refractivity contribution is 0.0711. The molecular weight excluding hydrogens is 194 g/mol. The molecule has 3 heteroatoms. The summed E-state index contributed by atoms with van der Waals surface area (Å²) >= 11 is 2.08. The quantitative estimate of drug-likeness (QED) is 0.691. The van der Waals surface area contributed by atoms with Crippen LogP contribution in [0.15, 0.2) is 0 Å². The van der Waals surface area contributed by atoms with Gasteiger partial charge in [0.15, 0.2) is 0 Å². The first-order chi connectivity index (χ1) is 6.41. The first-order valence-electron chi connectivity index (χ1n) is 5.48. The summed E-state index contributed by atoms with van der Waals surface area (Å²) in [6, 6.07) is 0. The van der Waals surface area contributed by atoms with Crippen LogP contribution in [0.4, 0.5) is 0 Å². The zero-order valence-electron chi connectivity index (χ0n) is 9.60. The third-order valence-electron chi connectivity index (χ3n) is 2.71. The van der Waals surface area contributed by atoms with Gasteiger partial charge in [-0.2, -0.15) is 11.8 Å². The Kier molecular flexibility index (Phi) is 4.29. The number of hydrogen-bond acceptors (Lipinski definition) is 3. The highest BCUT2D eigenvalue weighted by molar-refractivity contribution is 8.00. The molecule has 0 amide bonds. The second kappa shape index (κ2) is 4.86. The molecule has 0 saturated carbocycles. The molecule has 1 aliphatic rings. The topological polar surface area (TPSA) is 32.3 Å². The van der Waals surface area contributed by atoms with Crippen LogP contribution in [-0.4, -0.2) is 34.3 Å². The molecule has 1 aliphatic heterocycles. The molecule has 1 heterocycles. The first kappa shape index (κ1) is 12.3. The molecule has 1 fully saturated rings. The minimum atomic E-state index is -0.531. The highest BCUT2D eigenvalue weighted by atomic mass is 32.2. The number of hydrogen-bond donors (Lipinski definition) is 2. The monoisotopic (exact) mass is 217 g/mol. The van der Waals surface area contributed by atoms with E-state index in [1.165, 1.54) is 18.6 Å². The lowest BCUT2D eigenvalue weighted by Gasteiger charge is -2.24. The van der Waals surface area contributed by atoms with Crippen molar-refractivity contribution in [1.29, 1.82) is 0 Å². The van der Waals surface area contributed by atoms with E-state index in [0.717, 1.165) is 19.5 Å². The van der Waals surface area contributed by atoms with Crippen LogP contribution >= 0.6 is 11.8 Å². The van der Waals surface area contributed by atoms with Gasteiger partial charge in [-0.15, -0.1) is 0 Å². The summed E-state index contributed by atoms with van der Waals surface area (Å²) in [5.74, 6) is 1.31. The Morgan fingerprint density at radius 1 is 1.50 bits per heavy atom. The SMILES string of the molecule is CC(C)(O)CCNCC1(C)CCCS1. The van der Waals surface area contributed by atoms with E-state index in [9.17, 15) is 5.11 Å². The molecule has 0 spiro atoms. The van der Waals surface area contributed by atoms with Crippen LogP contribution in [0.1, 0.15) is 40.0 Å². The van der Waals surface area contributed by atoms with Crippen LogP contribution in [0.25, 0.3) is 0 Å². The van der Waals surface area contributed by atoms with E-state index >= 15 is 0 Å². The molecule has 0 radical (unpaired) electrons. The highest BCUT2D eigenvalue weighted by Crippen LogP contribution is 2.36. The summed E-state index contributed by atoms with van der Waals surface area (Å²) in [6.45, 7) is 8.05. The van der Waals surface area contributed by atoms with Crippen molar-refractivity contribution in [2.45, 2.75) is 50.4 Å². The van der Waals surface area contributed by atoms with Crippen LogP contribution in [-0.2, 0) is 0 Å². The molecule has 1 saturated heterocycles. The molecule has 0 aliphatic carbocycles. The third-order valence-corrected chi connectivity index (χ3v) is 4.25. The molecule has 1 unspecified atom stereocenters. The fraction of sp³-hybridized carbons (Fsp3) is 1.00. The van der Waals surface area contributed by atoms with Gasteiger partial charge in [-0.05, 0) is 52.3 Å². The van der Waals surface area contributed by atoms with Gasteiger partial charge >= 0.3 is 0 Å². The Morgan fingerprint density at radius 3 is 2.71 bits per heavy atom. The standard InChI is InChI=1S/C11H23NOS/c1-10(2,13)6-7-12-9-11(3)5-4-8-14-11/h12-13H,4-9H2,1-3H3. The normalized spacial score (nSPS) is 28.3. The Balaban J connectivity index is 2.09. The average molecular weight is 217 g/mol. The molecule has 0 aromatic heterocycles. The Bertz CT molecular complexity index is 171. The molecule has 14 heavy (non-hydrogen) atoms. The fourth-order valence-electron chi connectivity index (χ4n) is 1.72. The van der Waals surface area contributed by atoms with Crippen molar-refractivity contribution >= 4 is 11.8 Å². The maximum Gasteiger partial charge on any atom is 0.0603 e. The van der Waals surface area contributed by atoms with Crippen LogP contribution in [0.5, 0.6) is 0 Å². The predicted octanol–water partition coefficient (Wildman–Crippen LogP) is 2.02. The van der Waals surface area contributed by atoms with Crippen molar-refractivity contribution in [3.05, 3.63) is 0 Å². The van der Waals surface area contributed by atoms with Gasteiger partial charge in [-0.25, -0.2) is 0 Å². The molecular formula is C11H23NOS. The van der Waals surface area contributed by atoms with Gasteiger partial charge in [-0.3, -0.25) is 0 Å². The van der Waals surface area contributed by atoms with E-state index in [2.05, 4.69) is 24.0 Å². The van der Waals surface area contributed by atoms with Gasteiger partial charge in [0.25, 0.3) is 0 Å². The smallest absolute Gasteiger partial charge is 0.0603 e. The lowest BCUT2D eigenvalue weighted by atomic mass is 10.0. The molecule has 0 aromatic rings. The third kappa shape index (κ3) is 4.67. The van der Waals surface area contributed by atoms with Crippen molar-refractivity contribution < 1.29 is 5.11 Å². The predicted molar refractivity (Wildman–Crippen MR) is 63.9 cm³/mol. The van der Waals surface area contributed by atoms with E-state index in [1.54, 1.807) is 0 Å². The second-order valence-corrected chi connectivity index (χ2v) is 6.82. The average Bonchev–Trinajstić information content (AvgIpc) is 2.45.